The number of benzene rings is 1. The SMILES string of the molecule is CC[C@H](C)[C@H](NC(=O)c1ccc(CN)cc1)C(=O)OC.Cl. The third kappa shape index (κ3) is 5.36. The van der Waals surface area contributed by atoms with Crippen LogP contribution < -0.4 is 11.1 Å². The molecule has 0 heterocycles. The number of carbonyl (C=O) groups is 2. The Morgan fingerprint density at radius 2 is 1.86 bits per heavy atom. The van der Waals surface area contributed by atoms with Gasteiger partial charge < -0.3 is 15.8 Å². The molecule has 0 bridgehead atoms. The predicted molar refractivity (Wildman–Crippen MR) is 84.3 cm³/mol. The summed E-state index contributed by atoms with van der Waals surface area (Å²) in [5, 5.41) is 2.73. The molecule has 0 aliphatic carbocycles. The largest absolute Gasteiger partial charge is 0.467 e. The third-order valence-electron chi connectivity index (χ3n) is 3.41. The van der Waals surface area contributed by atoms with Crippen molar-refractivity contribution in [3.63, 3.8) is 0 Å². The van der Waals surface area contributed by atoms with Gasteiger partial charge in [-0.25, -0.2) is 4.79 Å². The highest BCUT2D eigenvalue weighted by molar-refractivity contribution is 5.96. The highest BCUT2D eigenvalue weighted by atomic mass is 35.5. The minimum Gasteiger partial charge on any atom is -0.467 e. The van der Waals surface area contributed by atoms with Gasteiger partial charge in [0.2, 0.25) is 0 Å². The molecular weight excluding hydrogens is 292 g/mol. The second kappa shape index (κ2) is 9.37. The first-order chi connectivity index (χ1) is 9.53. The molecule has 3 N–H and O–H groups in total. The zero-order chi connectivity index (χ0) is 15.1. The second-order valence-corrected chi connectivity index (χ2v) is 4.76. The smallest absolute Gasteiger partial charge is 0.328 e. The number of amides is 1. The summed E-state index contributed by atoms with van der Waals surface area (Å²) in [7, 11) is 1.32. The maximum absolute atomic E-state index is 12.1. The lowest BCUT2D eigenvalue weighted by atomic mass is 9.98. The summed E-state index contributed by atoms with van der Waals surface area (Å²) in [6.07, 6.45) is 0.770. The molecule has 0 spiro atoms. The van der Waals surface area contributed by atoms with Gasteiger partial charge in [-0.1, -0.05) is 32.4 Å². The van der Waals surface area contributed by atoms with Crippen molar-refractivity contribution in [3.05, 3.63) is 35.4 Å². The fourth-order valence-corrected chi connectivity index (χ4v) is 1.81. The summed E-state index contributed by atoms with van der Waals surface area (Å²) in [5.41, 5.74) is 6.96. The van der Waals surface area contributed by atoms with Crippen molar-refractivity contribution < 1.29 is 14.3 Å². The predicted octanol–water partition coefficient (Wildman–Crippen LogP) is 1.88. The van der Waals surface area contributed by atoms with Crippen LogP contribution in [0.2, 0.25) is 0 Å². The van der Waals surface area contributed by atoms with E-state index < -0.39 is 12.0 Å². The van der Waals surface area contributed by atoms with Crippen LogP contribution in [0.25, 0.3) is 0 Å². The van der Waals surface area contributed by atoms with Crippen LogP contribution in [0.5, 0.6) is 0 Å². The molecule has 21 heavy (non-hydrogen) atoms. The topological polar surface area (TPSA) is 81.4 Å². The minimum atomic E-state index is -0.633. The van der Waals surface area contributed by atoms with Gasteiger partial charge in [0.15, 0.2) is 0 Å². The van der Waals surface area contributed by atoms with E-state index in [0.29, 0.717) is 12.1 Å². The maximum atomic E-state index is 12.1. The van der Waals surface area contributed by atoms with Crippen molar-refractivity contribution >= 4 is 24.3 Å². The first kappa shape index (κ1) is 19.4. The number of ether oxygens (including phenoxy) is 1. The molecule has 0 fully saturated rings. The van der Waals surface area contributed by atoms with Crippen LogP contribution in [0.15, 0.2) is 24.3 Å². The molecule has 1 amide bonds. The number of rotatable bonds is 6. The molecule has 0 unspecified atom stereocenters. The Labute approximate surface area is 131 Å². The van der Waals surface area contributed by atoms with Gasteiger partial charge in [0.25, 0.3) is 5.91 Å². The average molecular weight is 315 g/mol. The fourth-order valence-electron chi connectivity index (χ4n) is 1.81. The van der Waals surface area contributed by atoms with Gasteiger partial charge in [-0.3, -0.25) is 4.79 Å². The highest BCUT2D eigenvalue weighted by Crippen LogP contribution is 2.11. The fraction of sp³-hybridized carbons (Fsp3) is 0.467. The molecule has 5 nitrogen and oxygen atoms in total. The van der Waals surface area contributed by atoms with E-state index in [-0.39, 0.29) is 24.2 Å². The molecule has 2 atom stereocenters. The number of hydrogen-bond acceptors (Lipinski definition) is 4. The van der Waals surface area contributed by atoms with Gasteiger partial charge in [0.1, 0.15) is 6.04 Å². The van der Waals surface area contributed by atoms with Crippen molar-refractivity contribution in [1.29, 1.82) is 0 Å². The van der Waals surface area contributed by atoms with Crippen LogP contribution >= 0.6 is 12.4 Å². The van der Waals surface area contributed by atoms with Crippen LogP contribution in [0.1, 0.15) is 36.2 Å². The number of esters is 1. The number of halogens is 1. The van der Waals surface area contributed by atoms with Crippen LogP contribution in [-0.4, -0.2) is 25.0 Å². The van der Waals surface area contributed by atoms with Gasteiger partial charge in [-0.15, -0.1) is 12.4 Å². The lowest BCUT2D eigenvalue weighted by Gasteiger charge is -2.21. The van der Waals surface area contributed by atoms with Gasteiger partial charge >= 0.3 is 5.97 Å². The number of carbonyl (C=O) groups excluding carboxylic acids is 2. The van der Waals surface area contributed by atoms with E-state index in [9.17, 15) is 9.59 Å². The summed E-state index contributed by atoms with van der Waals surface area (Å²) in [4.78, 5) is 23.9. The van der Waals surface area contributed by atoms with Crippen molar-refractivity contribution in [2.45, 2.75) is 32.9 Å². The zero-order valence-electron chi connectivity index (χ0n) is 12.6. The summed E-state index contributed by atoms with van der Waals surface area (Å²) < 4.78 is 4.74. The molecular formula is C15H23ClN2O3. The highest BCUT2D eigenvalue weighted by Gasteiger charge is 2.26. The van der Waals surface area contributed by atoms with Crippen LogP contribution in [0, 0.1) is 5.92 Å². The number of nitrogens with one attached hydrogen (secondary N) is 1. The van der Waals surface area contributed by atoms with E-state index in [1.165, 1.54) is 7.11 Å². The Morgan fingerprint density at radius 1 is 1.29 bits per heavy atom. The van der Waals surface area contributed by atoms with Gasteiger partial charge in [0, 0.05) is 12.1 Å². The molecule has 0 aliphatic rings. The second-order valence-electron chi connectivity index (χ2n) is 4.76. The molecule has 6 heteroatoms. The third-order valence-corrected chi connectivity index (χ3v) is 3.41. The average Bonchev–Trinajstić information content (AvgIpc) is 2.50. The van der Waals surface area contributed by atoms with Crippen molar-refractivity contribution in [2.75, 3.05) is 7.11 Å². The van der Waals surface area contributed by atoms with Crippen LogP contribution in [-0.2, 0) is 16.1 Å². The molecule has 0 radical (unpaired) electrons. The van der Waals surface area contributed by atoms with Gasteiger partial charge in [0.05, 0.1) is 7.11 Å². The Balaban J connectivity index is 0.00000400. The van der Waals surface area contributed by atoms with Crippen molar-refractivity contribution in [3.8, 4) is 0 Å². The lowest BCUT2D eigenvalue weighted by Crippen LogP contribution is -2.45. The Morgan fingerprint density at radius 3 is 2.29 bits per heavy atom. The maximum Gasteiger partial charge on any atom is 0.328 e. The van der Waals surface area contributed by atoms with E-state index in [1.807, 2.05) is 13.8 Å². The molecule has 0 saturated carbocycles. The number of methoxy groups -OCH3 is 1. The summed E-state index contributed by atoms with van der Waals surface area (Å²) >= 11 is 0. The van der Waals surface area contributed by atoms with E-state index in [1.54, 1.807) is 24.3 Å². The first-order valence-electron chi connectivity index (χ1n) is 6.71. The van der Waals surface area contributed by atoms with Crippen LogP contribution in [0.4, 0.5) is 0 Å². The Bertz CT molecular complexity index is 462. The van der Waals surface area contributed by atoms with E-state index >= 15 is 0 Å². The lowest BCUT2D eigenvalue weighted by molar-refractivity contribution is -0.144. The molecule has 0 aromatic heterocycles. The van der Waals surface area contributed by atoms with Gasteiger partial charge in [-0.05, 0) is 23.6 Å². The molecule has 118 valence electrons. The number of nitrogens with two attached hydrogens (primary N) is 1. The standard InChI is InChI=1S/C15H22N2O3.ClH/c1-4-10(2)13(15(19)20-3)17-14(18)12-7-5-11(9-16)6-8-12;/h5-8,10,13H,4,9,16H2,1-3H3,(H,17,18);1H/t10-,13-;/m0./s1. The summed E-state index contributed by atoms with van der Waals surface area (Å²) in [6.45, 7) is 4.29. The Kier molecular flexibility index (Phi) is 8.66. The molecule has 0 aliphatic heterocycles. The van der Waals surface area contributed by atoms with E-state index in [4.69, 9.17) is 10.5 Å². The van der Waals surface area contributed by atoms with Crippen molar-refractivity contribution in [1.82, 2.24) is 5.32 Å². The molecule has 1 aromatic carbocycles. The van der Waals surface area contributed by atoms with Gasteiger partial charge in [-0.2, -0.15) is 0 Å². The Hall–Kier alpha value is -1.59. The summed E-state index contributed by atoms with van der Waals surface area (Å²) in [5.74, 6) is -0.703. The monoisotopic (exact) mass is 314 g/mol. The zero-order valence-corrected chi connectivity index (χ0v) is 13.4. The van der Waals surface area contributed by atoms with E-state index in [0.717, 1.165) is 12.0 Å². The first-order valence-corrected chi connectivity index (χ1v) is 6.71. The van der Waals surface area contributed by atoms with Crippen LogP contribution in [0.3, 0.4) is 0 Å². The minimum absolute atomic E-state index is 0. The quantitative estimate of drug-likeness (QED) is 0.786. The molecule has 1 aromatic rings. The number of hydrogen-bond donors (Lipinski definition) is 2. The summed E-state index contributed by atoms with van der Waals surface area (Å²) in [6, 6.07) is 6.35. The van der Waals surface area contributed by atoms with E-state index in [2.05, 4.69) is 5.32 Å². The normalized spacial score (nSPS) is 12.8. The molecule has 0 saturated heterocycles. The molecule has 1 rings (SSSR count). The van der Waals surface area contributed by atoms with Crippen molar-refractivity contribution in [2.24, 2.45) is 11.7 Å².